The van der Waals surface area contributed by atoms with E-state index >= 15 is 0 Å². The molecule has 0 unspecified atom stereocenters. The third-order valence-corrected chi connectivity index (χ3v) is 8.60. The van der Waals surface area contributed by atoms with Crippen LogP contribution in [0.3, 0.4) is 0 Å². The molecule has 6 atom stereocenters. The largest absolute Gasteiger partial charge is 0.388 e. The lowest BCUT2D eigenvalue weighted by Crippen LogP contribution is -2.36. The van der Waals surface area contributed by atoms with E-state index in [4.69, 9.17) is 0 Å². The smallest absolute Gasteiger partial charge is 0.102 e. The van der Waals surface area contributed by atoms with Crippen molar-refractivity contribution in [2.45, 2.75) is 97.7 Å². The Bertz CT molecular complexity index is 712. The minimum Gasteiger partial charge on any atom is -0.388 e. The summed E-state index contributed by atoms with van der Waals surface area (Å²) in [4.78, 5) is 0. The highest BCUT2D eigenvalue weighted by molar-refractivity contribution is 5.45. The highest BCUT2D eigenvalue weighted by Crippen LogP contribution is 2.60. The zero-order valence-electron chi connectivity index (χ0n) is 19.8. The molecular formula is C28H44O2. The van der Waals surface area contributed by atoms with Crippen LogP contribution in [0.1, 0.15) is 85.5 Å². The van der Waals surface area contributed by atoms with E-state index in [1.165, 1.54) is 51.4 Å². The Hall–Kier alpha value is -1.12. The molecule has 0 aromatic rings. The molecule has 0 aromatic heterocycles. The van der Waals surface area contributed by atoms with E-state index < -0.39 is 12.2 Å². The molecule has 2 N–H and O–H groups in total. The summed E-state index contributed by atoms with van der Waals surface area (Å²) >= 11 is 0. The van der Waals surface area contributed by atoms with Crippen LogP contribution in [-0.4, -0.2) is 22.4 Å². The molecule has 3 saturated carbocycles. The Morgan fingerprint density at radius 1 is 1.10 bits per heavy atom. The van der Waals surface area contributed by atoms with Gasteiger partial charge < -0.3 is 10.2 Å². The van der Waals surface area contributed by atoms with Gasteiger partial charge in [-0.05, 0) is 77.9 Å². The van der Waals surface area contributed by atoms with E-state index in [9.17, 15) is 10.2 Å². The maximum Gasteiger partial charge on any atom is 0.102 e. The minimum atomic E-state index is -0.822. The molecule has 0 aliphatic heterocycles. The van der Waals surface area contributed by atoms with Gasteiger partial charge in [-0.3, -0.25) is 0 Å². The Labute approximate surface area is 184 Å². The van der Waals surface area contributed by atoms with E-state index in [2.05, 4.69) is 53.0 Å². The number of aliphatic hydroxyl groups excluding tert-OH is 2. The van der Waals surface area contributed by atoms with Gasteiger partial charge >= 0.3 is 0 Å². The van der Waals surface area contributed by atoms with Gasteiger partial charge in [-0.2, -0.15) is 0 Å². The van der Waals surface area contributed by atoms with E-state index in [1.54, 1.807) is 5.57 Å². The van der Waals surface area contributed by atoms with E-state index in [1.807, 2.05) is 0 Å². The summed E-state index contributed by atoms with van der Waals surface area (Å²) in [6.07, 6.45) is 14.0. The topological polar surface area (TPSA) is 40.5 Å². The minimum absolute atomic E-state index is 0.427. The maximum atomic E-state index is 10.3. The molecule has 0 bridgehead atoms. The average molecular weight is 413 g/mol. The second-order valence-corrected chi connectivity index (χ2v) is 11.1. The Balaban J connectivity index is 1.73. The summed E-state index contributed by atoms with van der Waals surface area (Å²) in [7, 11) is 0. The van der Waals surface area contributed by atoms with Crippen LogP contribution in [0.25, 0.3) is 0 Å². The van der Waals surface area contributed by atoms with Gasteiger partial charge in [0.15, 0.2) is 0 Å². The maximum absolute atomic E-state index is 10.3. The molecule has 168 valence electrons. The number of rotatable bonds is 6. The van der Waals surface area contributed by atoms with Crippen LogP contribution in [-0.2, 0) is 0 Å². The summed E-state index contributed by atoms with van der Waals surface area (Å²) < 4.78 is 0. The standard InChI is InChI=1S/C28H44O2/c1-18(2)9-7-10-19(3)24-14-15-25-22(11-8-16-28(24,25)6)12-13-23-17-26(29)21(5)27(30)20(23)4/h12-13,18-19,24-27,29-30H,4-5,7-11,14-17H2,1-3,6H3/b22-12+,23-13-/t19-,24-,25+,26-,27-,28-/m1/s1. The number of aliphatic hydroxyl groups is 2. The third-order valence-electron chi connectivity index (χ3n) is 8.60. The quantitative estimate of drug-likeness (QED) is 0.473. The normalized spacial score (nSPS) is 38.5. The zero-order valence-corrected chi connectivity index (χ0v) is 19.8. The first-order valence-electron chi connectivity index (χ1n) is 12.3. The van der Waals surface area contributed by atoms with Crippen LogP contribution in [0.4, 0.5) is 0 Å². The van der Waals surface area contributed by atoms with Gasteiger partial charge in [0.05, 0.1) is 6.10 Å². The van der Waals surface area contributed by atoms with Crippen molar-refractivity contribution in [2.75, 3.05) is 0 Å². The van der Waals surface area contributed by atoms with Crippen LogP contribution < -0.4 is 0 Å². The average Bonchev–Trinajstić information content (AvgIpc) is 3.05. The molecule has 3 rings (SSSR count). The van der Waals surface area contributed by atoms with Gasteiger partial charge in [-0.15, -0.1) is 0 Å². The summed E-state index contributed by atoms with van der Waals surface area (Å²) in [5, 5.41) is 20.5. The van der Waals surface area contributed by atoms with Crippen molar-refractivity contribution in [1.29, 1.82) is 0 Å². The summed E-state index contributed by atoms with van der Waals surface area (Å²) in [6, 6.07) is 0. The fourth-order valence-electron chi connectivity index (χ4n) is 6.70. The second-order valence-electron chi connectivity index (χ2n) is 11.1. The number of fused-ring (bicyclic) bond motifs is 1. The first kappa shape index (κ1) is 23.5. The summed E-state index contributed by atoms with van der Waals surface area (Å²) in [5.41, 5.74) is 4.15. The van der Waals surface area contributed by atoms with Gasteiger partial charge in [0.2, 0.25) is 0 Å². The van der Waals surface area contributed by atoms with E-state index in [0.717, 1.165) is 23.3 Å². The van der Waals surface area contributed by atoms with Crippen molar-refractivity contribution in [3.63, 3.8) is 0 Å². The molecule has 0 spiro atoms. The Morgan fingerprint density at radius 2 is 1.83 bits per heavy atom. The molecule has 2 heteroatoms. The molecule has 0 amide bonds. The van der Waals surface area contributed by atoms with Crippen molar-refractivity contribution in [3.8, 4) is 0 Å². The predicted molar refractivity (Wildman–Crippen MR) is 127 cm³/mol. The van der Waals surface area contributed by atoms with Gasteiger partial charge in [0.25, 0.3) is 0 Å². The van der Waals surface area contributed by atoms with Crippen LogP contribution in [0, 0.1) is 29.1 Å². The van der Waals surface area contributed by atoms with Crippen LogP contribution in [0.5, 0.6) is 0 Å². The molecule has 0 saturated heterocycles. The van der Waals surface area contributed by atoms with Crippen molar-refractivity contribution < 1.29 is 10.2 Å². The molecule has 3 aliphatic rings. The Morgan fingerprint density at radius 3 is 2.53 bits per heavy atom. The first-order chi connectivity index (χ1) is 14.1. The molecule has 3 aliphatic carbocycles. The fourth-order valence-corrected chi connectivity index (χ4v) is 6.70. The van der Waals surface area contributed by atoms with Gasteiger partial charge in [-0.25, -0.2) is 0 Å². The van der Waals surface area contributed by atoms with Gasteiger partial charge in [-0.1, -0.05) is 77.8 Å². The van der Waals surface area contributed by atoms with Crippen molar-refractivity contribution in [1.82, 2.24) is 0 Å². The lowest BCUT2D eigenvalue weighted by molar-refractivity contribution is 0.0928. The van der Waals surface area contributed by atoms with Crippen LogP contribution in [0.15, 0.2) is 47.6 Å². The molecule has 0 aromatic carbocycles. The third kappa shape index (κ3) is 4.70. The first-order valence-corrected chi connectivity index (χ1v) is 12.3. The monoisotopic (exact) mass is 412 g/mol. The second kappa shape index (κ2) is 9.57. The molecule has 0 heterocycles. The van der Waals surface area contributed by atoms with Crippen molar-refractivity contribution in [3.05, 3.63) is 47.6 Å². The van der Waals surface area contributed by atoms with Gasteiger partial charge in [0.1, 0.15) is 6.10 Å². The highest BCUT2D eigenvalue weighted by atomic mass is 16.3. The van der Waals surface area contributed by atoms with Gasteiger partial charge in [0, 0.05) is 6.42 Å². The molecule has 30 heavy (non-hydrogen) atoms. The summed E-state index contributed by atoms with van der Waals surface area (Å²) in [5.74, 6) is 3.14. The highest BCUT2D eigenvalue weighted by Gasteiger charge is 2.50. The molecule has 3 fully saturated rings. The summed E-state index contributed by atoms with van der Waals surface area (Å²) in [6.45, 7) is 17.6. The lowest BCUT2D eigenvalue weighted by Gasteiger charge is -2.44. The SMILES string of the molecule is C=C1/C(=C\C=C2/CCC[C@]3(C)[C@@H]([C@H](C)CCCC(C)C)CC[C@@H]23)C[C@@H](O)C(=C)[C@@H]1O. The van der Waals surface area contributed by atoms with E-state index in [-0.39, 0.29) is 0 Å². The predicted octanol–water partition coefficient (Wildman–Crippen LogP) is 6.76. The van der Waals surface area contributed by atoms with Crippen LogP contribution in [0.2, 0.25) is 0 Å². The van der Waals surface area contributed by atoms with Crippen LogP contribution >= 0.6 is 0 Å². The number of hydrogen-bond donors (Lipinski definition) is 2. The number of allylic oxidation sites excluding steroid dienone is 3. The van der Waals surface area contributed by atoms with Crippen molar-refractivity contribution in [2.24, 2.45) is 29.1 Å². The lowest BCUT2D eigenvalue weighted by atomic mass is 9.60. The Kier molecular flexibility index (Phi) is 7.51. The number of hydrogen-bond acceptors (Lipinski definition) is 2. The zero-order chi connectivity index (χ0) is 22.1. The van der Waals surface area contributed by atoms with E-state index in [0.29, 0.717) is 28.9 Å². The molecule has 0 radical (unpaired) electrons. The molecular weight excluding hydrogens is 368 g/mol. The molecule has 2 nitrogen and oxygen atoms in total. The fraction of sp³-hybridized carbons (Fsp3) is 0.714. The van der Waals surface area contributed by atoms with Crippen molar-refractivity contribution >= 4 is 0 Å².